The van der Waals surface area contributed by atoms with Crippen LogP contribution in [0.3, 0.4) is 0 Å². The van der Waals surface area contributed by atoms with Crippen molar-refractivity contribution >= 4 is 0 Å². The topological polar surface area (TPSA) is 41.5 Å². The zero-order chi connectivity index (χ0) is 12.3. The molecule has 1 fully saturated rings. The summed E-state index contributed by atoms with van der Waals surface area (Å²) in [6.45, 7) is 5.89. The van der Waals surface area contributed by atoms with Crippen LogP contribution in [0, 0.1) is 6.92 Å². The lowest BCUT2D eigenvalue weighted by Gasteiger charge is -2.24. The van der Waals surface area contributed by atoms with E-state index in [0.29, 0.717) is 19.8 Å². The average molecular weight is 235 g/mol. The Balaban J connectivity index is 1.88. The van der Waals surface area contributed by atoms with Gasteiger partial charge in [0.05, 0.1) is 6.61 Å². The maximum Gasteiger partial charge on any atom is 0.103 e. The van der Waals surface area contributed by atoms with E-state index in [-0.39, 0.29) is 6.04 Å². The highest BCUT2D eigenvalue weighted by atomic mass is 16.5. The Kier molecular flexibility index (Phi) is 3.82. The Morgan fingerprint density at radius 1 is 1.41 bits per heavy atom. The van der Waals surface area contributed by atoms with Crippen LogP contribution in [0.1, 0.15) is 30.5 Å². The fraction of sp³-hybridized carbons (Fsp3) is 0.571. The van der Waals surface area contributed by atoms with E-state index < -0.39 is 5.60 Å². The third-order valence-electron chi connectivity index (χ3n) is 3.40. The van der Waals surface area contributed by atoms with Gasteiger partial charge in [-0.05, 0) is 19.4 Å². The highest BCUT2D eigenvalue weighted by molar-refractivity contribution is 5.23. The van der Waals surface area contributed by atoms with Crippen LogP contribution in [0.2, 0.25) is 0 Å². The van der Waals surface area contributed by atoms with Gasteiger partial charge in [0, 0.05) is 25.6 Å². The maximum absolute atomic E-state index is 10.1. The smallest absolute Gasteiger partial charge is 0.103 e. The summed E-state index contributed by atoms with van der Waals surface area (Å²) in [5, 5.41) is 13.5. The van der Waals surface area contributed by atoms with Crippen molar-refractivity contribution in [2.45, 2.75) is 31.9 Å². The summed E-state index contributed by atoms with van der Waals surface area (Å²) in [7, 11) is 0. The summed E-state index contributed by atoms with van der Waals surface area (Å²) < 4.78 is 5.22. The van der Waals surface area contributed by atoms with E-state index in [1.807, 2.05) is 0 Å². The van der Waals surface area contributed by atoms with Crippen molar-refractivity contribution < 1.29 is 9.84 Å². The summed E-state index contributed by atoms with van der Waals surface area (Å²) in [6.07, 6.45) is 0.723. The van der Waals surface area contributed by atoms with Crippen LogP contribution in [-0.2, 0) is 4.74 Å². The van der Waals surface area contributed by atoms with Crippen LogP contribution in [0.4, 0.5) is 0 Å². The van der Waals surface area contributed by atoms with Crippen molar-refractivity contribution in [1.29, 1.82) is 0 Å². The number of aryl methyl sites for hydroxylation is 1. The van der Waals surface area contributed by atoms with Gasteiger partial charge in [0.1, 0.15) is 5.60 Å². The number of hydrogen-bond acceptors (Lipinski definition) is 3. The first kappa shape index (κ1) is 12.6. The molecule has 0 amide bonds. The number of benzene rings is 1. The summed E-state index contributed by atoms with van der Waals surface area (Å²) in [5.74, 6) is 0. The van der Waals surface area contributed by atoms with Gasteiger partial charge < -0.3 is 15.2 Å². The molecule has 3 nitrogen and oxygen atoms in total. The Bertz CT molecular complexity index is 355. The number of nitrogens with one attached hydrogen (secondary N) is 1. The Labute approximate surface area is 103 Å². The zero-order valence-corrected chi connectivity index (χ0v) is 10.6. The van der Waals surface area contributed by atoms with Gasteiger partial charge in [0.2, 0.25) is 0 Å². The van der Waals surface area contributed by atoms with Crippen molar-refractivity contribution in [2.24, 2.45) is 0 Å². The molecule has 2 unspecified atom stereocenters. The first-order chi connectivity index (χ1) is 8.09. The van der Waals surface area contributed by atoms with Crippen LogP contribution in [0.25, 0.3) is 0 Å². The van der Waals surface area contributed by atoms with Crippen LogP contribution in [0.15, 0.2) is 24.3 Å². The van der Waals surface area contributed by atoms with Crippen molar-refractivity contribution in [3.8, 4) is 0 Å². The fourth-order valence-corrected chi connectivity index (χ4v) is 2.05. The molecule has 2 atom stereocenters. The third kappa shape index (κ3) is 3.28. The lowest BCUT2D eigenvalue weighted by Crippen LogP contribution is -2.41. The molecule has 2 N–H and O–H groups in total. The van der Waals surface area contributed by atoms with Crippen LogP contribution < -0.4 is 5.32 Å². The largest absolute Gasteiger partial charge is 0.386 e. The van der Waals surface area contributed by atoms with Crippen molar-refractivity contribution in [1.82, 2.24) is 5.32 Å². The van der Waals surface area contributed by atoms with E-state index >= 15 is 0 Å². The second-order valence-electron chi connectivity index (χ2n) is 5.04. The Hall–Kier alpha value is -0.900. The third-order valence-corrected chi connectivity index (χ3v) is 3.40. The Morgan fingerprint density at radius 2 is 2.12 bits per heavy atom. The van der Waals surface area contributed by atoms with E-state index in [0.717, 1.165) is 6.42 Å². The van der Waals surface area contributed by atoms with Gasteiger partial charge in [0.25, 0.3) is 0 Å². The molecule has 94 valence electrons. The zero-order valence-electron chi connectivity index (χ0n) is 10.6. The molecule has 0 aromatic heterocycles. The second-order valence-corrected chi connectivity index (χ2v) is 5.04. The molecule has 1 heterocycles. The minimum absolute atomic E-state index is 0.250. The van der Waals surface area contributed by atoms with Crippen molar-refractivity contribution in [2.75, 3.05) is 19.8 Å². The summed E-state index contributed by atoms with van der Waals surface area (Å²) in [4.78, 5) is 0. The van der Waals surface area contributed by atoms with E-state index in [4.69, 9.17) is 4.74 Å². The predicted molar refractivity (Wildman–Crippen MR) is 68.0 cm³/mol. The summed E-state index contributed by atoms with van der Waals surface area (Å²) in [6, 6.07) is 8.73. The highest BCUT2D eigenvalue weighted by Gasteiger charge is 2.32. The molecule has 1 aliphatic rings. The SMILES string of the molecule is Cc1ccc(C(C)NCC2(O)CCOC2)cc1. The first-order valence-electron chi connectivity index (χ1n) is 6.19. The summed E-state index contributed by atoms with van der Waals surface area (Å²) in [5.41, 5.74) is 1.83. The normalized spacial score (nSPS) is 26.1. The van der Waals surface area contributed by atoms with Crippen LogP contribution in [0.5, 0.6) is 0 Å². The molecule has 1 aromatic carbocycles. The second kappa shape index (κ2) is 5.17. The van der Waals surface area contributed by atoms with E-state index in [2.05, 4.69) is 43.4 Å². The highest BCUT2D eigenvalue weighted by Crippen LogP contribution is 2.19. The van der Waals surface area contributed by atoms with Gasteiger partial charge in [-0.3, -0.25) is 0 Å². The minimum Gasteiger partial charge on any atom is -0.386 e. The maximum atomic E-state index is 10.1. The van der Waals surface area contributed by atoms with Crippen LogP contribution in [-0.4, -0.2) is 30.5 Å². The van der Waals surface area contributed by atoms with Crippen molar-refractivity contribution in [3.05, 3.63) is 35.4 Å². The standard InChI is InChI=1S/C14H21NO2/c1-11-3-5-13(6-4-11)12(2)15-9-14(16)7-8-17-10-14/h3-6,12,15-16H,7-10H2,1-2H3. The van der Waals surface area contributed by atoms with Gasteiger partial charge in [-0.2, -0.15) is 0 Å². The van der Waals surface area contributed by atoms with Gasteiger partial charge in [-0.15, -0.1) is 0 Å². The monoisotopic (exact) mass is 235 g/mol. The first-order valence-corrected chi connectivity index (χ1v) is 6.19. The Morgan fingerprint density at radius 3 is 2.71 bits per heavy atom. The molecule has 0 bridgehead atoms. The lowest BCUT2D eigenvalue weighted by atomic mass is 10.0. The van der Waals surface area contributed by atoms with Crippen LogP contribution >= 0.6 is 0 Å². The molecule has 0 spiro atoms. The number of hydrogen-bond donors (Lipinski definition) is 2. The molecular weight excluding hydrogens is 214 g/mol. The lowest BCUT2D eigenvalue weighted by molar-refractivity contribution is 0.0252. The van der Waals surface area contributed by atoms with Gasteiger partial charge >= 0.3 is 0 Å². The van der Waals surface area contributed by atoms with E-state index in [1.54, 1.807) is 0 Å². The van der Waals surface area contributed by atoms with E-state index in [1.165, 1.54) is 11.1 Å². The van der Waals surface area contributed by atoms with Gasteiger partial charge in [0.15, 0.2) is 0 Å². The molecule has 0 aliphatic carbocycles. The fourth-order valence-electron chi connectivity index (χ4n) is 2.05. The molecule has 17 heavy (non-hydrogen) atoms. The number of aliphatic hydroxyl groups is 1. The van der Waals surface area contributed by atoms with Gasteiger partial charge in [-0.1, -0.05) is 29.8 Å². The molecule has 2 rings (SSSR count). The predicted octanol–water partition coefficient (Wildman–Crippen LogP) is 1.80. The van der Waals surface area contributed by atoms with E-state index in [9.17, 15) is 5.11 Å². The van der Waals surface area contributed by atoms with Crippen molar-refractivity contribution in [3.63, 3.8) is 0 Å². The quantitative estimate of drug-likeness (QED) is 0.836. The molecular formula is C14H21NO2. The molecule has 0 saturated carbocycles. The summed E-state index contributed by atoms with van der Waals surface area (Å²) >= 11 is 0. The molecule has 3 heteroatoms. The average Bonchev–Trinajstić information content (AvgIpc) is 2.75. The van der Waals surface area contributed by atoms with Gasteiger partial charge in [-0.25, -0.2) is 0 Å². The minimum atomic E-state index is -0.682. The number of ether oxygens (including phenoxy) is 1. The number of rotatable bonds is 4. The molecule has 1 aromatic rings. The molecule has 1 saturated heterocycles. The molecule has 0 radical (unpaired) electrons. The molecule has 1 aliphatic heterocycles.